The second-order valence-electron chi connectivity index (χ2n) is 4.68. The van der Waals surface area contributed by atoms with Gasteiger partial charge in [0, 0.05) is 17.8 Å². The number of nitrogens with one attached hydrogen (secondary N) is 1. The van der Waals surface area contributed by atoms with E-state index in [0.29, 0.717) is 0 Å². The molecule has 2 rings (SSSR count). The van der Waals surface area contributed by atoms with E-state index in [-0.39, 0.29) is 5.41 Å². The zero-order chi connectivity index (χ0) is 11.1. The molecule has 2 heterocycles. The lowest BCUT2D eigenvalue weighted by Gasteiger charge is -2.19. The van der Waals surface area contributed by atoms with Crippen molar-refractivity contribution in [3.8, 4) is 12.3 Å². The highest BCUT2D eigenvalue weighted by atomic mass is 14.8. The fourth-order valence-electron chi connectivity index (χ4n) is 1.80. The summed E-state index contributed by atoms with van der Waals surface area (Å²) in [5, 5.41) is 1.08. The quantitative estimate of drug-likeness (QED) is 0.648. The van der Waals surface area contributed by atoms with E-state index in [2.05, 4.69) is 36.7 Å². The number of H-pyrrole nitrogens is 1. The molecule has 2 aromatic rings. The molecule has 0 saturated carbocycles. The molecule has 76 valence electrons. The van der Waals surface area contributed by atoms with Crippen LogP contribution in [0.1, 0.15) is 31.9 Å². The zero-order valence-corrected chi connectivity index (χ0v) is 9.26. The molecule has 1 N–H and O–H groups in total. The summed E-state index contributed by atoms with van der Waals surface area (Å²) in [5.41, 5.74) is 3.08. The van der Waals surface area contributed by atoms with Crippen LogP contribution in [0.25, 0.3) is 11.0 Å². The number of fused-ring (bicyclic) bond motifs is 1. The number of aromatic nitrogens is 2. The van der Waals surface area contributed by atoms with Crippen molar-refractivity contribution >= 4 is 11.0 Å². The molecule has 2 heteroatoms. The molecular weight excluding hydrogens is 184 g/mol. The van der Waals surface area contributed by atoms with Crippen molar-refractivity contribution in [2.45, 2.75) is 26.2 Å². The van der Waals surface area contributed by atoms with Crippen LogP contribution in [-0.2, 0) is 5.41 Å². The van der Waals surface area contributed by atoms with Gasteiger partial charge < -0.3 is 4.98 Å². The molecule has 15 heavy (non-hydrogen) atoms. The van der Waals surface area contributed by atoms with Crippen LogP contribution in [0.2, 0.25) is 0 Å². The zero-order valence-electron chi connectivity index (χ0n) is 9.26. The molecule has 0 atom stereocenters. The first-order valence-corrected chi connectivity index (χ1v) is 4.97. The Morgan fingerprint density at radius 2 is 2.13 bits per heavy atom. The second-order valence-corrected chi connectivity index (χ2v) is 4.68. The van der Waals surface area contributed by atoms with Gasteiger partial charge in [-0.2, -0.15) is 0 Å². The van der Waals surface area contributed by atoms with Gasteiger partial charge in [0.05, 0.1) is 5.56 Å². The van der Waals surface area contributed by atoms with Gasteiger partial charge in [-0.3, -0.25) is 0 Å². The van der Waals surface area contributed by atoms with Crippen molar-refractivity contribution < 1.29 is 0 Å². The largest absolute Gasteiger partial charge is 0.345 e. The van der Waals surface area contributed by atoms with Gasteiger partial charge in [0.2, 0.25) is 0 Å². The van der Waals surface area contributed by atoms with Crippen LogP contribution in [0.3, 0.4) is 0 Å². The minimum atomic E-state index is 0.0784. The SMILES string of the molecule is C#Cc1c[nH]c2nccc(C(C)(C)C)c12. The van der Waals surface area contributed by atoms with Gasteiger partial charge in [0.25, 0.3) is 0 Å². The second kappa shape index (κ2) is 3.13. The maximum Gasteiger partial charge on any atom is 0.138 e. The van der Waals surface area contributed by atoms with Crippen molar-refractivity contribution in [3.63, 3.8) is 0 Å². The Hall–Kier alpha value is -1.75. The Labute approximate surface area is 89.7 Å². The predicted molar refractivity (Wildman–Crippen MR) is 62.7 cm³/mol. The van der Waals surface area contributed by atoms with Gasteiger partial charge in [0.1, 0.15) is 5.65 Å². The summed E-state index contributed by atoms with van der Waals surface area (Å²) in [6.07, 6.45) is 9.13. The summed E-state index contributed by atoms with van der Waals surface area (Å²) >= 11 is 0. The summed E-state index contributed by atoms with van der Waals surface area (Å²) in [5.74, 6) is 2.69. The third-order valence-electron chi connectivity index (χ3n) is 2.54. The summed E-state index contributed by atoms with van der Waals surface area (Å²) < 4.78 is 0. The van der Waals surface area contributed by atoms with Crippen LogP contribution >= 0.6 is 0 Å². The van der Waals surface area contributed by atoms with E-state index in [0.717, 1.165) is 16.6 Å². The predicted octanol–water partition coefficient (Wildman–Crippen LogP) is 2.84. The lowest BCUT2D eigenvalue weighted by atomic mass is 9.85. The average Bonchev–Trinajstić information content (AvgIpc) is 2.58. The van der Waals surface area contributed by atoms with Gasteiger partial charge in [0.15, 0.2) is 0 Å². The molecule has 0 bridgehead atoms. The molecule has 0 spiro atoms. The van der Waals surface area contributed by atoms with Crippen LogP contribution in [-0.4, -0.2) is 9.97 Å². The number of rotatable bonds is 0. The summed E-state index contributed by atoms with van der Waals surface area (Å²) in [4.78, 5) is 7.37. The summed E-state index contributed by atoms with van der Waals surface area (Å²) in [6, 6.07) is 2.04. The smallest absolute Gasteiger partial charge is 0.138 e. The molecule has 0 unspecified atom stereocenters. The molecule has 0 amide bonds. The monoisotopic (exact) mass is 198 g/mol. The molecule has 0 saturated heterocycles. The van der Waals surface area contributed by atoms with E-state index in [1.807, 2.05) is 18.5 Å². The van der Waals surface area contributed by atoms with Gasteiger partial charge in [-0.25, -0.2) is 4.98 Å². The van der Waals surface area contributed by atoms with Crippen LogP contribution in [0, 0.1) is 12.3 Å². The first-order chi connectivity index (χ1) is 7.04. The first-order valence-electron chi connectivity index (χ1n) is 4.97. The molecule has 0 aliphatic rings. The van der Waals surface area contributed by atoms with Gasteiger partial charge in [-0.05, 0) is 17.0 Å². The van der Waals surface area contributed by atoms with E-state index >= 15 is 0 Å². The fraction of sp³-hybridized carbons (Fsp3) is 0.308. The lowest BCUT2D eigenvalue weighted by molar-refractivity contribution is 0.595. The molecule has 2 nitrogen and oxygen atoms in total. The maximum atomic E-state index is 5.47. The molecule has 0 aliphatic carbocycles. The Morgan fingerprint density at radius 3 is 2.73 bits per heavy atom. The van der Waals surface area contributed by atoms with E-state index in [1.165, 1.54) is 5.56 Å². The van der Waals surface area contributed by atoms with Crippen LogP contribution in [0.4, 0.5) is 0 Å². The molecular formula is C13H14N2. The molecule has 2 aromatic heterocycles. The Balaban J connectivity index is 2.86. The van der Waals surface area contributed by atoms with Gasteiger partial charge in [-0.15, -0.1) is 6.42 Å². The summed E-state index contributed by atoms with van der Waals surface area (Å²) in [6.45, 7) is 6.53. The van der Waals surface area contributed by atoms with Crippen molar-refractivity contribution in [2.24, 2.45) is 0 Å². The molecule has 0 radical (unpaired) electrons. The molecule has 0 aromatic carbocycles. The number of hydrogen-bond acceptors (Lipinski definition) is 1. The highest BCUT2D eigenvalue weighted by molar-refractivity contribution is 5.87. The van der Waals surface area contributed by atoms with Gasteiger partial charge >= 0.3 is 0 Å². The number of aromatic amines is 1. The van der Waals surface area contributed by atoms with Crippen LogP contribution in [0.5, 0.6) is 0 Å². The average molecular weight is 198 g/mol. The van der Waals surface area contributed by atoms with Gasteiger partial charge in [-0.1, -0.05) is 26.7 Å². The van der Waals surface area contributed by atoms with Crippen molar-refractivity contribution in [2.75, 3.05) is 0 Å². The minimum absolute atomic E-state index is 0.0784. The van der Waals surface area contributed by atoms with Crippen LogP contribution < -0.4 is 0 Å². The first kappa shape index (κ1) is 9.79. The third kappa shape index (κ3) is 1.50. The molecule has 0 fully saturated rings. The highest BCUT2D eigenvalue weighted by Crippen LogP contribution is 2.30. The van der Waals surface area contributed by atoms with E-state index in [9.17, 15) is 0 Å². The standard InChI is InChI=1S/C13H14N2/c1-5-9-8-15-12-11(9)10(6-7-14-12)13(2,3)4/h1,6-8H,2-4H3,(H,14,15). The minimum Gasteiger partial charge on any atom is -0.345 e. The Bertz CT molecular complexity index is 536. The van der Waals surface area contributed by atoms with E-state index < -0.39 is 0 Å². The van der Waals surface area contributed by atoms with E-state index in [4.69, 9.17) is 6.42 Å². The fourth-order valence-corrected chi connectivity index (χ4v) is 1.80. The number of hydrogen-bond donors (Lipinski definition) is 1. The Morgan fingerprint density at radius 1 is 1.40 bits per heavy atom. The van der Waals surface area contributed by atoms with Crippen molar-refractivity contribution in [1.29, 1.82) is 0 Å². The number of nitrogens with zero attached hydrogens (tertiary/aromatic N) is 1. The lowest BCUT2D eigenvalue weighted by Crippen LogP contribution is -2.11. The number of terminal acetylenes is 1. The topological polar surface area (TPSA) is 28.7 Å². The van der Waals surface area contributed by atoms with Crippen LogP contribution in [0.15, 0.2) is 18.5 Å². The summed E-state index contributed by atoms with van der Waals surface area (Å²) in [7, 11) is 0. The van der Waals surface area contributed by atoms with Crippen molar-refractivity contribution in [1.82, 2.24) is 9.97 Å². The Kier molecular flexibility index (Phi) is 2.04. The normalized spacial score (nSPS) is 11.6. The molecule has 0 aliphatic heterocycles. The van der Waals surface area contributed by atoms with E-state index in [1.54, 1.807) is 0 Å². The third-order valence-corrected chi connectivity index (χ3v) is 2.54. The highest BCUT2D eigenvalue weighted by Gasteiger charge is 2.19. The number of pyridine rings is 1. The van der Waals surface area contributed by atoms with Crippen molar-refractivity contribution in [3.05, 3.63) is 29.6 Å². The maximum absolute atomic E-state index is 5.47.